The topological polar surface area (TPSA) is 55.8 Å². The van der Waals surface area contributed by atoms with Crippen LogP contribution in [0.15, 0.2) is 0 Å². The summed E-state index contributed by atoms with van der Waals surface area (Å²) in [6.45, 7) is 7.76. The summed E-state index contributed by atoms with van der Waals surface area (Å²) in [6.07, 6.45) is 0.136. The summed E-state index contributed by atoms with van der Waals surface area (Å²) in [7, 11) is 0. The third-order valence-corrected chi connectivity index (χ3v) is 3.39. The molecule has 0 saturated carbocycles. The highest BCUT2D eigenvalue weighted by Gasteiger charge is 2.56. The highest BCUT2D eigenvalue weighted by atomic mass is 16.5. The van der Waals surface area contributed by atoms with Gasteiger partial charge < -0.3 is 14.6 Å². The monoisotopic (exact) mass is 216 g/mol. The van der Waals surface area contributed by atoms with Crippen LogP contribution in [0.3, 0.4) is 0 Å². The van der Waals surface area contributed by atoms with Crippen molar-refractivity contribution in [3.63, 3.8) is 0 Å². The fourth-order valence-electron chi connectivity index (χ4n) is 2.04. The molecule has 2 unspecified atom stereocenters. The van der Waals surface area contributed by atoms with Crippen molar-refractivity contribution in [3.05, 3.63) is 0 Å². The summed E-state index contributed by atoms with van der Waals surface area (Å²) in [6, 6.07) is 0. The number of hydrogen-bond acceptors (Lipinski definition) is 4. The molecular formula is C11H20O4. The van der Waals surface area contributed by atoms with Gasteiger partial charge in [0.2, 0.25) is 0 Å². The lowest BCUT2D eigenvalue weighted by molar-refractivity contribution is -0.177. The Morgan fingerprint density at radius 3 is 2.67 bits per heavy atom. The zero-order valence-corrected chi connectivity index (χ0v) is 9.87. The van der Waals surface area contributed by atoms with E-state index in [0.717, 1.165) is 0 Å². The summed E-state index contributed by atoms with van der Waals surface area (Å²) in [5.74, 6) is -0.371. The Bertz CT molecular complexity index is 249. The highest BCUT2D eigenvalue weighted by molar-refractivity contribution is 5.77. The van der Waals surface area contributed by atoms with Gasteiger partial charge in [0.25, 0.3) is 0 Å². The van der Waals surface area contributed by atoms with E-state index < -0.39 is 11.0 Å². The zero-order valence-electron chi connectivity index (χ0n) is 9.87. The average molecular weight is 216 g/mol. The zero-order chi connectivity index (χ0) is 11.7. The smallest absolute Gasteiger partial charge is 0.314 e. The molecule has 1 rings (SSSR count). The van der Waals surface area contributed by atoms with Gasteiger partial charge in [-0.2, -0.15) is 0 Å². The number of ether oxygens (including phenoxy) is 2. The van der Waals surface area contributed by atoms with E-state index in [0.29, 0.717) is 19.6 Å². The second-order valence-corrected chi connectivity index (χ2v) is 4.53. The molecule has 0 radical (unpaired) electrons. The summed E-state index contributed by atoms with van der Waals surface area (Å²) in [5, 5.41) is 10.5. The molecule has 0 aromatic heterocycles. The van der Waals surface area contributed by atoms with Gasteiger partial charge in [0.05, 0.1) is 18.1 Å². The lowest BCUT2D eigenvalue weighted by atomic mass is 9.71. The minimum absolute atomic E-state index is 0.327. The number of aliphatic hydroxyl groups is 1. The van der Waals surface area contributed by atoms with E-state index >= 15 is 0 Å². The molecule has 1 fully saturated rings. The predicted octanol–water partition coefficient (Wildman–Crippen LogP) is 1.12. The van der Waals surface area contributed by atoms with Crippen molar-refractivity contribution in [3.8, 4) is 0 Å². The summed E-state index contributed by atoms with van der Waals surface area (Å²) in [4.78, 5) is 11.8. The fourth-order valence-corrected chi connectivity index (χ4v) is 2.04. The van der Waals surface area contributed by atoms with E-state index in [2.05, 4.69) is 0 Å². The number of esters is 1. The van der Waals surface area contributed by atoms with Crippen LogP contribution in [-0.4, -0.2) is 36.0 Å². The average Bonchev–Trinajstić information content (AvgIpc) is 2.49. The second-order valence-electron chi connectivity index (χ2n) is 4.53. The maximum Gasteiger partial charge on any atom is 0.314 e. The lowest BCUT2D eigenvalue weighted by Gasteiger charge is -2.39. The first-order valence-electron chi connectivity index (χ1n) is 5.37. The van der Waals surface area contributed by atoms with Crippen LogP contribution in [0.2, 0.25) is 0 Å². The number of rotatable bonds is 3. The van der Waals surface area contributed by atoms with Crippen molar-refractivity contribution in [2.24, 2.45) is 5.41 Å². The predicted molar refractivity (Wildman–Crippen MR) is 55.4 cm³/mol. The lowest BCUT2D eigenvalue weighted by Crippen LogP contribution is -2.54. The van der Waals surface area contributed by atoms with Crippen molar-refractivity contribution in [2.75, 3.05) is 13.2 Å². The molecule has 0 aromatic rings. The molecule has 4 heteroatoms. The Labute approximate surface area is 90.6 Å². The van der Waals surface area contributed by atoms with Gasteiger partial charge in [-0.3, -0.25) is 4.79 Å². The van der Waals surface area contributed by atoms with Gasteiger partial charge >= 0.3 is 5.97 Å². The first-order chi connectivity index (χ1) is 6.86. The molecule has 4 nitrogen and oxygen atoms in total. The standard InChI is InChI=1S/C11H20O4/c1-5-14-9(12)10(3,4)11(13)6-7-15-8(11)2/h8,13H,5-7H2,1-4H3. The third-order valence-electron chi connectivity index (χ3n) is 3.39. The highest BCUT2D eigenvalue weighted by Crippen LogP contribution is 2.42. The molecule has 0 aromatic carbocycles. The second kappa shape index (κ2) is 4.10. The van der Waals surface area contributed by atoms with Crippen molar-refractivity contribution >= 4 is 5.97 Å². The molecule has 0 amide bonds. The normalized spacial score (nSPS) is 31.7. The molecule has 1 aliphatic heterocycles. The maximum absolute atomic E-state index is 11.8. The summed E-state index contributed by atoms with van der Waals surface area (Å²) in [5.41, 5.74) is -2.06. The van der Waals surface area contributed by atoms with Gasteiger partial charge in [-0.05, 0) is 27.7 Å². The Kier molecular flexibility index (Phi) is 3.41. The van der Waals surface area contributed by atoms with E-state index in [1.807, 2.05) is 0 Å². The quantitative estimate of drug-likeness (QED) is 0.718. The Morgan fingerprint density at radius 2 is 2.27 bits per heavy atom. The van der Waals surface area contributed by atoms with Crippen LogP contribution in [0.25, 0.3) is 0 Å². The van der Waals surface area contributed by atoms with Crippen LogP contribution < -0.4 is 0 Å². The van der Waals surface area contributed by atoms with E-state index in [-0.39, 0.29) is 12.1 Å². The summed E-state index contributed by atoms with van der Waals surface area (Å²) >= 11 is 0. The molecule has 0 bridgehead atoms. The minimum Gasteiger partial charge on any atom is -0.465 e. The van der Waals surface area contributed by atoms with Crippen LogP contribution in [0, 0.1) is 5.41 Å². The fraction of sp³-hybridized carbons (Fsp3) is 0.909. The van der Waals surface area contributed by atoms with Gasteiger partial charge in [-0.15, -0.1) is 0 Å². The van der Waals surface area contributed by atoms with Crippen molar-refractivity contribution in [2.45, 2.75) is 45.8 Å². The Morgan fingerprint density at radius 1 is 1.67 bits per heavy atom. The van der Waals surface area contributed by atoms with Crippen LogP contribution >= 0.6 is 0 Å². The van der Waals surface area contributed by atoms with Crippen LogP contribution in [0.4, 0.5) is 0 Å². The Hall–Kier alpha value is -0.610. The first-order valence-corrected chi connectivity index (χ1v) is 5.37. The number of hydrogen-bond donors (Lipinski definition) is 1. The van der Waals surface area contributed by atoms with Gasteiger partial charge in [0, 0.05) is 13.0 Å². The minimum atomic E-state index is -1.13. The molecule has 0 aliphatic carbocycles. The molecular weight excluding hydrogens is 196 g/mol. The molecule has 2 atom stereocenters. The molecule has 1 heterocycles. The summed E-state index contributed by atoms with van der Waals surface area (Å²) < 4.78 is 10.3. The van der Waals surface area contributed by atoms with E-state index in [4.69, 9.17) is 9.47 Å². The Balaban J connectivity index is 2.88. The first kappa shape index (κ1) is 12.5. The van der Waals surface area contributed by atoms with Gasteiger partial charge in [-0.1, -0.05) is 0 Å². The third kappa shape index (κ3) is 1.88. The van der Waals surface area contributed by atoms with E-state index in [1.54, 1.807) is 27.7 Å². The maximum atomic E-state index is 11.8. The number of carbonyl (C=O) groups is 1. The molecule has 15 heavy (non-hydrogen) atoms. The van der Waals surface area contributed by atoms with Gasteiger partial charge in [-0.25, -0.2) is 0 Å². The molecule has 1 saturated heterocycles. The SMILES string of the molecule is CCOC(=O)C(C)(C)C1(O)CCOC1C. The van der Waals surface area contributed by atoms with Crippen molar-refractivity contribution < 1.29 is 19.4 Å². The molecule has 1 N–H and O–H groups in total. The van der Waals surface area contributed by atoms with Gasteiger partial charge in [0.1, 0.15) is 5.60 Å². The molecule has 1 aliphatic rings. The van der Waals surface area contributed by atoms with Crippen molar-refractivity contribution in [1.82, 2.24) is 0 Å². The van der Waals surface area contributed by atoms with E-state index in [1.165, 1.54) is 0 Å². The number of carbonyl (C=O) groups excluding carboxylic acids is 1. The van der Waals surface area contributed by atoms with Crippen LogP contribution in [0.5, 0.6) is 0 Å². The van der Waals surface area contributed by atoms with Crippen LogP contribution in [0.1, 0.15) is 34.1 Å². The molecule has 0 spiro atoms. The van der Waals surface area contributed by atoms with E-state index in [9.17, 15) is 9.90 Å². The van der Waals surface area contributed by atoms with Crippen molar-refractivity contribution in [1.29, 1.82) is 0 Å². The van der Waals surface area contributed by atoms with Gasteiger partial charge in [0.15, 0.2) is 0 Å². The molecule has 88 valence electrons. The largest absolute Gasteiger partial charge is 0.465 e. The van der Waals surface area contributed by atoms with Crippen LogP contribution in [-0.2, 0) is 14.3 Å².